The fourth-order valence-electron chi connectivity index (χ4n) is 5.52. The van der Waals surface area contributed by atoms with Crippen molar-refractivity contribution in [2.75, 3.05) is 11.4 Å². The second-order valence-electron chi connectivity index (χ2n) is 9.19. The van der Waals surface area contributed by atoms with Gasteiger partial charge in [0, 0.05) is 23.4 Å². The molecule has 6 rings (SSSR count). The first-order chi connectivity index (χ1) is 16.4. The molecule has 6 heteroatoms. The Labute approximate surface area is 196 Å². The summed E-state index contributed by atoms with van der Waals surface area (Å²) in [7, 11) is 0. The summed E-state index contributed by atoms with van der Waals surface area (Å²) in [6.45, 7) is 4.26. The Morgan fingerprint density at radius 2 is 1.79 bits per heavy atom. The van der Waals surface area contributed by atoms with Gasteiger partial charge in [0.25, 0.3) is 5.91 Å². The lowest BCUT2D eigenvalue weighted by molar-refractivity contribution is -0.125. The largest absolute Gasteiger partial charge is 0.356 e. The Bertz CT molecular complexity index is 1460. The molecule has 1 fully saturated rings. The minimum Gasteiger partial charge on any atom is -0.356 e. The number of rotatable bonds is 3. The number of imide groups is 1. The van der Waals surface area contributed by atoms with Crippen molar-refractivity contribution >= 4 is 28.5 Å². The lowest BCUT2D eigenvalue weighted by Crippen LogP contribution is -2.50. The average molecular weight is 454 g/mol. The number of aryl methyl sites for hydroxylation is 1. The molecular weight excluding hydrogens is 429 g/mol. The molecular formula is C28H24FN3O2. The van der Waals surface area contributed by atoms with Crippen LogP contribution in [-0.2, 0) is 16.8 Å². The summed E-state index contributed by atoms with van der Waals surface area (Å²) >= 11 is 0. The number of hydrogen-bond donors (Lipinski definition) is 1. The third-order valence-corrected chi connectivity index (χ3v) is 7.38. The van der Waals surface area contributed by atoms with Crippen LogP contribution in [0.25, 0.3) is 10.9 Å². The van der Waals surface area contributed by atoms with Crippen molar-refractivity contribution in [1.29, 1.82) is 0 Å². The molecule has 0 aliphatic carbocycles. The molecule has 1 aromatic heterocycles. The number of benzene rings is 3. The van der Waals surface area contributed by atoms with Gasteiger partial charge in [0.05, 0.1) is 11.4 Å². The van der Waals surface area contributed by atoms with Crippen LogP contribution in [0.15, 0.2) is 72.8 Å². The molecule has 0 saturated carbocycles. The molecule has 2 atom stereocenters. The maximum absolute atomic E-state index is 14.0. The lowest BCUT2D eigenvalue weighted by Gasteiger charge is -2.40. The second-order valence-corrected chi connectivity index (χ2v) is 9.19. The van der Waals surface area contributed by atoms with E-state index in [2.05, 4.69) is 42.2 Å². The second kappa shape index (κ2) is 7.29. The highest BCUT2D eigenvalue weighted by atomic mass is 19.1. The number of aromatic amines is 1. The summed E-state index contributed by atoms with van der Waals surface area (Å²) < 4.78 is 14.0. The van der Waals surface area contributed by atoms with Gasteiger partial charge in [-0.3, -0.25) is 4.79 Å². The summed E-state index contributed by atoms with van der Waals surface area (Å²) in [6, 6.07) is 21.7. The first kappa shape index (κ1) is 20.7. The van der Waals surface area contributed by atoms with Gasteiger partial charge in [0.1, 0.15) is 5.82 Å². The number of aromatic nitrogens is 1. The molecule has 3 amide bonds. The zero-order valence-corrected chi connectivity index (χ0v) is 19.0. The minimum absolute atomic E-state index is 0.102. The molecule has 2 aliphatic heterocycles. The Balaban J connectivity index is 1.57. The molecule has 3 heterocycles. The number of amides is 3. The van der Waals surface area contributed by atoms with Crippen LogP contribution in [0.2, 0.25) is 0 Å². The van der Waals surface area contributed by atoms with E-state index in [1.165, 1.54) is 23.8 Å². The number of para-hydroxylation sites is 1. The molecule has 170 valence electrons. The van der Waals surface area contributed by atoms with Gasteiger partial charge < -0.3 is 9.88 Å². The first-order valence-electron chi connectivity index (χ1n) is 11.5. The van der Waals surface area contributed by atoms with Crippen LogP contribution < -0.4 is 4.90 Å². The van der Waals surface area contributed by atoms with Crippen LogP contribution >= 0.6 is 0 Å². The zero-order valence-electron chi connectivity index (χ0n) is 19.0. The number of hydrogen-bond acceptors (Lipinski definition) is 2. The molecule has 34 heavy (non-hydrogen) atoms. The molecule has 1 unspecified atom stereocenters. The Hall–Kier alpha value is -3.93. The minimum atomic E-state index is -1.21. The van der Waals surface area contributed by atoms with E-state index in [4.69, 9.17) is 0 Å². The molecule has 1 N–H and O–H groups in total. The van der Waals surface area contributed by atoms with Crippen LogP contribution in [-0.4, -0.2) is 28.4 Å². The molecule has 4 aromatic rings. The van der Waals surface area contributed by atoms with Gasteiger partial charge in [-0.25, -0.2) is 14.1 Å². The van der Waals surface area contributed by atoms with Crippen molar-refractivity contribution in [2.24, 2.45) is 0 Å². The number of anilines is 1. The predicted octanol–water partition coefficient (Wildman–Crippen LogP) is 5.70. The summed E-state index contributed by atoms with van der Waals surface area (Å²) in [5.74, 6) is -0.974. The van der Waals surface area contributed by atoms with Crippen molar-refractivity contribution in [3.8, 4) is 0 Å². The van der Waals surface area contributed by atoms with Crippen LogP contribution in [0.1, 0.15) is 42.1 Å². The third-order valence-electron chi connectivity index (χ3n) is 7.38. The van der Waals surface area contributed by atoms with Crippen LogP contribution in [0.5, 0.6) is 0 Å². The third kappa shape index (κ3) is 2.71. The fraction of sp³-hybridized carbons (Fsp3) is 0.214. The highest BCUT2D eigenvalue weighted by molar-refractivity contribution is 6.23. The quantitative estimate of drug-likeness (QED) is 0.405. The van der Waals surface area contributed by atoms with Gasteiger partial charge in [0.2, 0.25) is 0 Å². The average Bonchev–Trinajstić information content (AvgIpc) is 3.33. The molecule has 2 aliphatic rings. The Morgan fingerprint density at radius 1 is 1.03 bits per heavy atom. The van der Waals surface area contributed by atoms with Crippen molar-refractivity contribution in [2.45, 2.75) is 31.7 Å². The van der Waals surface area contributed by atoms with Crippen LogP contribution in [0.3, 0.4) is 0 Å². The van der Waals surface area contributed by atoms with E-state index in [0.29, 0.717) is 6.54 Å². The molecule has 0 bridgehead atoms. The van der Waals surface area contributed by atoms with E-state index in [0.717, 1.165) is 39.0 Å². The number of urea groups is 1. The van der Waals surface area contributed by atoms with E-state index in [-0.39, 0.29) is 17.5 Å². The van der Waals surface area contributed by atoms with E-state index in [9.17, 15) is 14.0 Å². The summed E-state index contributed by atoms with van der Waals surface area (Å²) in [5, 5.41) is 1.05. The maximum Gasteiger partial charge on any atom is 0.332 e. The van der Waals surface area contributed by atoms with Crippen molar-refractivity contribution in [3.05, 3.63) is 101 Å². The normalized spacial score (nSPS) is 21.8. The van der Waals surface area contributed by atoms with Crippen LogP contribution in [0.4, 0.5) is 14.9 Å². The van der Waals surface area contributed by atoms with Crippen molar-refractivity contribution in [3.63, 3.8) is 0 Å². The first-order valence-corrected chi connectivity index (χ1v) is 11.5. The van der Waals surface area contributed by atoms with Crippen molar-refractivity contribution in [1.82, 2.24) is 9.88 Å². The molecule has 5 nitrogen and oxygen atoms in total. The topological polar surface area (TPSA) is 56.4 Å². The SMILES string of the molecule is CCc1ccc(C2CN3C(=O)N(c4cccc(F)c4)C(=O)[C@]3(C)c3[nH]c4ccccc4c32)cc1. The van der Waals surface area contributed by atoms with E-state index >= 15 is 0 Å². The predicted molar refractivity (Wildman–Crippen MR) is 129 cm³/mol. The van der Waals surface area contributed by atoms with Gasteiger partial charge in [0.15, 0.2) is 5.54 Å². The van der Waals surface area contributed by atoms with Gasteiger partial charge >= 0.3 is 6.03 Å². The molecule has 1 saturated heterocycles. The smallest absolute Gasteiger partial charge is 0.332 e. The Morgan fingerprint density at radius 3 is 2.53 bits per heavy atom. The van der Waals surface area contributed by atoms with Gasteiger partial charge in [-0.15, -0.1) is 0 Å². The number of halogens is 1. The maximum atomic E-state index is 14.0. The standard InChI is InChI=1S/C28H24FN3O2/c1-3-17-11-13-18(14-12-17)22-16-31-27(34)32(20-8-6-7-19(29)15-20)26(33)28(31,2)25-24(22)21-9-4-5-10-23(21)30-25/h4-15,22,30H,3,16H2,1-2H3/t22?,28-/m0/s1. The number of fused-ring (bicyclic) bond motifs is 5. The number of carbonyl (C=O) groups is 2. The van der Waals surface area contributed by atoms with E-state index < -0.39 is 17.4 Å². The van der Waals surface area contributed by atoms with E-state index in [1.807, 2.05) is 18.2 Å². The van der Waals surface area contributed by atoms with Gasteiger partial charge in [-0.2, -0.15) is 0 Å². The van der Waals surface area contributed by atoms with Crippen LogP contribution in [0, 0.1) is 5.82 Å². The highest BCUT2D eigenvalue weighted by Crippen LogP contribution is 2.50. The number of H-pyrrole nitrogens is 1. The molecule has 3 aromatic carbocycles. The fourth-order valence-corrected chi connectivity index (χ4v) is 5.52. The molecule has 0 radical (unpaired) electrons. The highest BCUT2D eigenvalue weighted by Gasteiger charge is 2.60. The monoisotopic (exact) mass is 453 g/mol. The zero-order chi connectivity index (χ0) is 23.6. The van der Waals surface area contributed by atoms with E-state index in [1.54, 1.807) is 17.9 Å². The number of nitrogens with one attached hydrogen (secondary N) is 1. The summed E-state index contributed by atoms with van der Waals surface area (Å²) in [6.07, 6.45) is 0.947. The van der Waals surface area contributed by atoms with Gasteiger partial charge in [-0.1, -0.05) is 55.5 Å². The van der Waals surface area contributed by atoms with Gasteiger partial charge in [-0.05, 0) is 54.3 Å². The van der Waals surface area contributed by atoms with Crippen molar-refractivity contribution < 1.29 is 14.0 Å². The summed E-state index contributed by atoms with van der Waals surface area (Å²) in [5.41, 5.74) is 4.06. The molecule has 0 spiro atoms. The number of carbonyl (C=O) groups excluding carboxylic acids is 2. The number of nitrogens with zero attached hydrogens (tertiary/aromatic N) is 2. The Kier molecular flexibility index (Phi) is 4.43. The summed E-state index contributed by atoms with van der Waals surface area (Å²) in [4.78, 5) is 33.8. The lowest BCUT2D eigenvalue weighted by atomic mass is 9.78.